The molecule has 1 aliphatic heterocycles. The summed E-state index contributed by atoms with van der Waals surface area (Å²) in [5, 5.41) is 2.33. The number of para-hydroxylation sites is 4. The second-order valence-electron chi connectivity index (χ2n) is 9.26. The maximum Gasteiger partial charge on any atom is 0.151 e. The van der Waals surface area contributed by atoms with Gasteiger partial charge in [-0.25, -0.2) is 0 Å². The Morgan fingerprint density at radius 2 is 1.12 bits per heavy atom. The minimum Gasteiger partial charge on any atom is -0.453 e. The van der Waals surface area contributed by atoms with E-state index in [4.69, 9.17) is 74.3 Å². The van der Waals surface area contributed by atoms with E-state index in [2.05, 4.69) is 16.0 Å². The fourth-order valence-electron chi connectivity index (χ4n) is 5.17. The Hall–Kier alpha value is -2.63. The van der Waals surface area contributed by atoms with Gasteiger partial charge >= 0.3 is 0 Å². The van der Waals surface area contributed by atoms with Crippen LogP contribution in [0.4, 0.5) is 17.1 Å². The number of hydrogen-bond acceptors (Lipinski definition) is 3. The summed E-state index contributed by atoms with van der Waals surface area (Å²) in [7, 11) is 0. The van der Waals surface area contributed by atoms with Crippen molar-refractivity contribution in [3.05, 3.63) is 138 Å². The molecule has 1 aliphatic rings. The van der Waals surface area contributed by atoms with Gasteiger partial charge in [0.2, 0.25) is 0 Å². The van der Waals surface area contributed by atoms with Crippen LogP contribution in [0, 0.1) is 6.92 Å². The van der Waals surface area contributed by atoms with Gasteiger partial charge in [-0.1, -0.05) is 93.9 Å². The number of ether oxygens (including phenoxy) is 1. The zero-order valence-corrected chi connectivity index (χ0v) is 25.3. The van der Waals surface area contributed by atoms with Gasteiger partial charge in [-0.05, 0) is 66.6 Å². The van der Waals surface area contributed by atoms with Crippen LogP contribution in [-0.4, -0.2) is 4.98 Å². The molecule has 200 valence electrons. The summed E-state index contributed by atoms with van der Waals surface area (Å²) < 4.78 is 6.18. The van der Waals surface area contributed by atoms with E-state index in [0.717, 1.165) is 39.7 Å². The van der Waals surface area contributed by atoms with Crippen molar-refractivity contribution in [2.24, 2.45) is 0 Å². The van der Waals surface area contributed by atoms with Gasteiger partial charge in [-0.15, -0.1) is 0 Å². The Morgan fingerprint density at radius 1 is 0.625 bits per heavy atom. The number of fused-ring (bicyclic) bond motifs is 2. The molecule has 0 fully saturated rings. The fraction of sp³-hybridized carbons (Fsp3) is 0.0645. The van der Waals surface area contributed by atoms with Gasteiger partial charge < -0.3 is 9.64 Å². The molecule has 1 aromatic heterocycles. The Bertz CT molecular complexity index is 1680. The van der Waals surface area contributed by atoms with Gasteiger partial charge in [-0.3, -0.25) is 4.98 Å². The molecule has 1 unspecified atom stereocenters. The molecule has 0 radical (unpaired) electrons. The zero-order valence-electron chi connectivity index (χ0n) is 20.7. The van der Waals surface area contributed by atoms with Gasteiger partial charge in [-0.2, -0.15) is 0 Å². The number of aromatic nitrogens is 1. The predicted molar refractivity (Wildman–Crippen MR) is 168 cm³/mol. The van der Waals surface area contributed by atoms with E-state index in [1.54, 1.807) is 12.1 Å². The smallest absolute Gasteiger partial charge is 0.151 e. The molecule has 5 aromatic rings. The van der Waals surface area contributed by atoms with Crippen molar-refractivity contribution in [1.29, 1.82) is 0 Å². The molecule has 0 amide bonds. The summed E-state index contributed by atoms with van der Waals surface area (Å²) in [6.07, 6.45) is 3.07. The molecular weight excluding hydrogens is 629 g/mol. The van der Waals surface area contributed by atoms with Crippen LogP contribution < -0.4 is 9.64 Å². The van der Waals surface area contributed by atoms with Crippen LogP contribution in [0.1, 0.15) is 28.2 Å². The monoisotopic (exact) mass is 644 g/mol. The van der Waals surface area contributed by atoms with Crippen molar-refractivity contribution in [3.63, 3.8) is 0 Å². The highest BCUT2D eigenvalue weighted by Crippen LogP contribution is 2.53. The van der Waals surface area contributed by atoms with E-state index in [1.807, 2.05) is 61.5 Å². The molecule has 0 spiro atoms. The minimum atomic E-state index is -0.605. The number of benzene rings is 4. The topological polar surface area (TPSA) is 25.4 Å². The summed E-state index contributed by atoms with van der Waals surface area (Å²) in [4.78, 5) is 6.26. The molecule has 9 heteroatoms. The van der Waals surface area contributed by atoms with Gasteiger partial charge in [0.05, 0.1) is 21.4 Å². The first-order chi connectivity index (χ1) is 19.2. The molecule has 0 aliphatic carbocycles. The number of nitrogens with zero attached hydrogens (tertiary/aromatic N) is 2. The molecule has 0 saturated carbocycles. The first-order valence-electron chi connectivity index (χ1n) is 12.1. The van der Waals surface area contributed by atoms with Crippen molar-refractivity contribution >= 4 is 86.7 Å². The minimum absolute atomic E-state index is 0.357. The SMILES string of the molecule is Cc1cc(N2c3ccccc3Oc3ccccc32)cc(Cl)c1C(c1c(Cl)cncc1Cl)c1c(Cl)cc(Cl)cc1Cl. The van der Waals surface area contributed by atoms with Crippen molar-refractivity contribution in [2.75, 3.05) is 4.90 Å². The number of anilines is 3. The molecule has 40 heavy (non-hydrogen) atoms. The van der Waals surface area contributed by atoms with Crippen LogP contribution in [0.2, 0.25) is 30.1 Å². The van der Waals surface area contributed by atoms with Crippen molar-refractivity contribution < 1.29 is 4.74 Å². The van der Waals surface area contributed by atoms with Crippen LogP contribution in [0.15, 0.2) is 85.2 Å². The highest BCUT2D eigenvalue weighted by molar-refractivity contribution is 6.40. The molecular formula is C31H18Cl6N2O. The van der Waals surface area contributed by atoms with Crippen LogP contribution in [0.3, 0.4) is 0 Å². The van der Waals surface area contributed by atoms with Crippen LogP contribution in [0.5, 0.6) is 11.5 Å². The zero-order chi connectivity index (χ0) is 28.1. The van der Waals surface area contributed by atoms with E-state index in [1.165, 1.54) is 12.4 Å². The summed E-state index contributed by atoms with van der Waals surface area (Å²) in [6.45, 7) is 1.98. The third-order valence-electron chi connectivity index (χ3n) is 6.81. The standard InChI is InChI=1S/C31H18Cl6N2O/c1-16-10-18(39-24-6-2-4-8-26(24)40-27-9-5-3-7-25(27)39)13-21(35)28(16)31(30-22(36)14-38-15-23(30)37)29-19(33)11-17(32)12-20(29)34/h2-15,31H,1H3. The second-order valence-corrected chi connectivity index (χ2v) is 11.7. The Kier molecular flexibility index (Phi) is 7.56. The molecule has 0 bridgehead atoms. The highest BCUT2D eigenvalue weighted by atomic mass is 35.5. The Morgan fingerprint density at radius 3 is 1.68 bits per heavy atom. The van der Waals surface area contributed by atoms with E-state index < -0.39 is 5.92 Å². The van der Waals surface area contributed by atoms with Crippen LogP contribution in [-0.2, 0) is 0 Å². The number of halogens is 6. The van der Waals surface area contributed by atoms with Crippen molar-refractivity contribution in [3.8, 4) is 11.5 Å². The molecule has 6 rings (SSSR count). The summed E-state index contributed by atoms with van der Waals surface area (Å²) in [5.41, 5.74) is 5.44. The Balaban J connectivity index is 1.60. The first-order valence-corrected chi connectivity index (χ1v) is 14.4. The normalized spacial score (nSPS) is 12.9. The van der Waals surface area contributed by atoms with Gasteiger partial charge in [0.25, 0.3) is 0 Å². The summed E-state index contributed by atoms with van der Waals surface area (Å²) in [5.74, 6) is 0.880. The number of aryl methyl sites for hydroxylation is 1. The summed E-state index contributed by atoms with van der Waals surface area (Å²) in [6, 6.07) is 23.0. The highest BCUT2D eigenvalue weighted by Gasteiger charge is 2.32. The van der Waals surface area contributed by atoms with E-state index in [0.29, 0.717) is 41.3 Å². The molecule has 0 saturated heterocycles. The number of rotatable bonds is 4. The van der Waals surface area contributed by atoms with E-state index >= 15 is 0 Å². The maximum atomic E-state index is 7.17. The molecule has 3 nitrogen and oxygen atoms in total. The molecule has 1 atom stereocenters. The van der Waals surface area contributed by atoms with E-state index in [-0.39, 0.29) is 0 Å². The van der Waals surface area contributed by atoms with Crippen LogP contribution in [0.25, 0.3) is 0 Å². The van der Waals surface area contributed by atoms with Gasteiger partial charge in [0.1, 0.15) is 0 Å². The average Bonchev–Trinajstić information content (AvgIpc) is 2.90. The quantitative estimate of drug-likeness (QED) is 0.190. The lowest BCUT2D eigenvalue weighted by Crippen LogP contribution is -2.16. The number of pyridine rings is 1. The average molecular weight is 647 g/mol. The third kappa shape index (κ3) is 4.79. The molecule has 2 heterocycles. The van der Waals surface area contributed by atoms with Crippen molar-refractivity contribution in [2.45, 2.75) is 12.8 Å². The molecule has 0 N–H and O–H groups in total. The van der Waals surface area contributed by atoms with Crippen LogP contribution >= 0.6 is 69.6 Å². The largest absolute Gasteiger partial charge is 0.453 e. The lowest BCUT2D eigenvalue weighted by atomic mass is 9.82. The lowest BCUT2D eigenvalue weighted by molar-refractivity contribution is 0.477. The second kappa shape index (κ2) is 11.0. The van der Waals surface area contributed by atoms with Gasteiger partial charge in [0.15, 0.2) is 11.5 Å². The van der Waals surface area contributed by atoms with E-state index in [9.17, 15) is 0 Å². The van der Waals surface area contributed by atoms with Crippen molar-refractivity contribution in [1.82, 2.24) is 4.98 Å². The maximum absolute atomic E-state index is 7.17. The predicted octanol–water partition coefficient (Wildman–Crippen LogP) is 12.1. The van der Waals surface area contributed by atoms with Gasteiger partial charge in [0, 0.05) is 55.2 Å². The molecule has 4 aromatic carbocycles. The fourth-order valence-corrected chi connectivity index (χ4v) is 7.16. The first kappa shape index (κ1) is 27.5. The number of hydrogen-bond donors (Lipinski definition) is 0. The third-order valence-corrected chi connectivity index (χ3v) is 8.57. The summed E-state index contributed by atoms with van der Waals surface area (Å²) >= 11 is 40.4. The lowest BCUT2D eigenvalue weighted by Gasteiger charge is -2.34. The Labute approximate surface area is 261 Å².